The zero-order chi connectivity index (χ0) is 17.0. The van der Waals surface area contributed by atoms with Gasteiger partial charge in [-0.1, -0.05) is 41.4 Å². The molecule has 0 saturated carbocycles. The molecule has 2 aromatic rings. The van der Waals surface area contributed by atoms with Crippen LogP contribution in [0, 0.1) is 6.92 Å². The number of hydrogen-bond acceptors (Lipinski definition) is 3. The van der Waals surface area contributed by atoms with E-state index in [0.29, 0.717) is 0 Å². The normalized spacial score (nSPS) is 11.6. The van der Waals surface area contributed by atoms with Crippen molar-refractivity contribution >= 4 is 39.4 Å². The second kappa shape index (κ2) is 6.85. The van der Waals surface area contributed by atoms with Gasteiger partial charge in [-0.25, -0.2) is 13.2 Å². The van der Waals surface area contributed by atoms with E-state index in [1.807, 2.05) is 19.1 Å². The van der Waals surface area contributed by atoms with E-state index < -0.39 is 16.0 Å². The lowest BCUT2D eigenvalue weighted by molar-refractivity contribution is 0.0697. The van der Waals surface area contributed by atoms with Crippen LogP contribution in [-0.4, -0.2) is 19.5 Å². The maximum Gasteiger partial charge on any atom is 0.337 e. The van der Waals surface area contributed by atoms with E-state index in [-0.39, 0.29) is 16.3 Å². The van der Waals surface area contributed by atoms with Crippen molar-refractivity contribution < 1.29 is 18.3 Å². The Balaban J connectivity index is 2.19. The largest absolute Gasteiger partial charge is 0.478 e. The summed E-state index contributed by atoms with van der Waals surface area (Å²) in [6.45, 7) is 1.94. The van der Waals surface area contributed by atoms with E-state index in [1.165, 1.54) is 24.3 Å². The minimum atomic E-state index is -3.76. The van der Waals surface area contributed by atoms with Crippen molar-refractivity contribution in [3.8, 4) is 0 Å². The molecule has 0 bridgehead atoms. The molecule has 0 saturated heterocycles. The van der Waals surface area contributed by atoms with E-state index in [2.05, 4.69) is 4.72 Å². The molecule has 120 valence electrons. The zero-order valence-electron chi connectivity index (χ0n) is 12.2. The quantitative estimate of drug-likeness (QED) is 0.859. The van der Waals surface area contributed by atoms with Gasteiger partial charge in [0.2, 0.25) is 0 Å². The van der Waals surface area contributed by atoms with E-state index >= 15 is 0 Å². The van der Waals surface area contributed by atoms with E-state index in [0.717, 1.165) is 16.5 Å². The molecule has 0 aliphatic rings. The average Bonchev–Trinajstić information content (AvgIpc) is 2.48. The number of hydrogen-bond donors (Lipinski definition) is 2. The van der Waals surface area contributed by atoms with Gasteiger partial charge in [0, 0.05) is 5.69 Å². The lowest BCUT2D eigenvalue weighted by atomic mass is 10.2. The summed E-state index contributed by atoms with van der Waals surface area (Å²) in [7, 11) is -3.76. The molecule has 0 aromatic heterocycles. The highest BCUT2D eigenvalue weighted by Crippen LogP contribution is 2.21. The van der Waals surface area contributed by atoms with Gasteiger partial charge in [-0.05, 0) is 36.8 Å². The summed E-state index contributed by atoms with van der Waals surface area (Å²) < 4.78 is 26.3. The van der Waals surface area contributed by atoms with Crippen LogP contribution < -0.4 is 4.72 Å². The highest BCUT2D eigenvalue weighted by Gasteiger charge is 2.12. The third kappa shape index (κ3) is 4.84. The Hall–Kier alpha value is -2.31. The molecule has 0 amide bonds. The second-order valence-corrected chi connectivity index (χ2v) is 6.83. The van der Waals surface area contributed by atoms with Crippen LogP contribution >= 0.6 is 11.6 Å². The molecule has 0 radical (unpaired) electrons. The number of nitrogens with one attached hydrogen (secondary N) is 1. The van der Waals surface area contributed by atoms with E-state index in [9.17, 15) is 13.2 Å². The Morgan fingerprint density at radius 1 is 1.17 bits per heavy atom. The summed E-state index contributed by atoms with van der Waals surface area (Å²) in [5.74, 6) is -1.23. The summed E-state index contributed by atoms with van der Waals surface area (Å²) in [5, 5.41) is 10.0. The van der Waals surface area contributed by atoms with Gasteiger partial charge in [0.25, 0.3) is 10.0 Å². The second-order valence-electron chi connectivity index (χ2n) is 4.86. The van der Waals surface area contributed by atoms with Crippen LogP contribution in [0.1, 0.15) is 21.5 Å². The van der Waals surface area contributed by atoms with Crippen molar-refractivity contribution in [1.82, 2.24) is 0 Å². The predicted molar refractivity (Wildman–Crippen MR) is 91.2 cm³/mol. The molecular formula is C16H14ClNO4S. The van der Waals surface area contributed by atoms with Gasteiger partial charge in [0.1, 0.15) is 0 Å². The summed E-state index contributed by atoms with van der Waals surface area (Å²) in [4.78, 5) is 11.0. The Morgan fingerprint density at radius 3 is 2.43 bits per heavy atom. The molecule has 7 heteroatoms. The van der Waals surface area contributed by atoms with Crippen molar-refractivity contribution in [3.05, 3.63) is 69.6 Å². The molecule has 0 unspecified atom stereocenters. The lowest BCUT2D eigenvalue weighted by Crippen LogP contribution is -2.09. The highest BCUT2D eigenvalue weighted by molar-refractivity contribution is 7.95. The Kier molecular flexibility index (Phi) is 5.08. The molecule has 0 atom stereocenters. The molecule has 23 heavy (non-hydrogen) atoms. The number of halogens is 1. The summed E-state index contributed by atoms with van der Waals surface area (Å²) in [6, 6.07) is 11.2. The third-order valence-corrected chi connectivity index (χ3v) is 4.32. The average molecular weight is 352 g/mol. The smallest absolute Gasteiger partial charge is 0.337 e. The van der Waals surface area contributed by atoms with Crippen LogP contribution in [0.4, 0.5) is 5.69 Å². The van der Waals surface area contributed by atoms with Gasteiger partial charge >= 0.3 is 5.97 Å². The van der Waals surface area contributed by atoms with Crippen molar-refractivity contribution in [2.75, 3.05) is 4.72 Å². The first-order valence-corrected chi connectivity index (χ1v) is 8.50. The summed E-state index contributed by atoms with van der Waals surface area (Å²) >= 11 is 5.74. The van der Waals surface area contributed by atoms with Gasteiger partial charge < -0.3 is 5.11 Å². The van der Waals surface area contributed by atoms with Crippen LogP contribution in [0.3, 0.4) is 0 Å². The minimum Gasteiger partial charge on any atom is -0.478 e. The fraction of sp³-hybridized carbons (Fsp3) is 0.0625. The molecule has 0 heterocycles. The van der Waals surface area contributed by atoms with Crippen LogP contribution in [0.5, 0.6) is 0 Å². The first kappa shape index (κ1) is 17.1. The number of sulfonamides is 1. The van der Waals surface area contributed by atoms with Gasteiger partial charge in [0.15, 0.2) is 0 Å². The molecule has 2 aromatic carbocycles. The fourth-order valence-electron chi connectivity index (χ4n) is 1.80. The molecule has 0 aliphatic carbocycles. The summed E-state index contributed by atoms with van der Waals surface area (Å²) in [6.07, 6.45) is 1.45. The first-order chi connectivity index (χ1) is 10.8. The Labute approximate surface area is 139 Å². The topological polar surface area (TPSA) is 83.5 Å². The molecule has 2 rings (SSSR count). The van der Waals surface area contributed by atoms with Crippen LogP contribution in [0.15, 0.2) is 47.9 Å². The first-order valence-electron chi connectivity index (χ1n) is 6.57. The number of aryl methyl sites for hydroxylation is 1. The molecule has 0 spiro atoms. The summed E-state index contributed by atoms with van der Waals surface area (Å²) in [5.41, 5.74) is 1.77. The van der Waals surface area contributed by atoms with Gasteiger partial charge in [-0.2, -0.15) is 0 Å². The number of carboxylic acid groups (broad SMARTS) is 1. The molecule has 5 nitrogen and oxygen atoms in total. The Morgan fingerprint density at radius 2 is 1.83 bits per heavy atom. The highest BCUT2D eigenvalue weighted by atomic mass is 35.5. The van der Waals surface area contributed by atoms with Crippen molar-refractivity contribution in [2.24, 2.45) is 0 Å². The third-order valence-electron chi connectivity index (χ3n) is 2.97. The maximum atomic E-state index is 12.0. The zero-order valence-corrected chi connectivity index (χ0v) is 13.7. The van der Waals surface area contributed by atoms with Gasteiger partial charge in [0.05, 0.1) is 16.0 Å². The number of carbonyl (C=O) groups is 1. The SMILES string of the molecule is Cc1ccc(/C=C\S(=O)(=O)Nc2ccc(Cl)c(C(=O)O)c2)cc1. The molecule has 0 fully saturated rings. The number of carboxylic acids is 1. The van der Waals surface area contributed by atoms with Gasteiger partial charge in [-0.3, -0.25) is 4.72 Å². The van der Waals surface area contributed by atoms with Crippen LogP contribution in [-0.2, 0) is 10.0 Å². The number of anilines is 1. The number of benzene rings is 2. The van der Waals surface area contributed by atoms with Crippen molar-refractivity contribution in [3.63, 3.8) is 0 Å². The fourth-order valence-corrected chi connectivity index (χ4v) is 2.85. The van der Waals surface area contributed by atoms with E-state index in [1.54, 1.807) is 12.1 Å². The number of rotatable bonds is 5. The molecule has 0 aliphatic heterocycles. The molecular weight excluding hydrogens is 338 g/mol. The van der Waals surface area contributed by atoms with Crippen LogP contribution in [0.25, 0.3) is 6.08 Å². The van der Waals surface area contributed by atoms with E-state index in [4.69, 9.17) is 16.7 Å². The van der Waals surface area contributed by atoms with Crippen LogP contribution in [0.2, 0.25) is 5.02 Å². The van der Waals surface area contributed by atoms with Crippen molar-refractivity contribution in [2.45, 2.75) is 6.92 Å². The Bertz CT molecular complexity index is 858. The lowest BCUT2D eigenvalue weighted by Gasteiger charge is -2.06. The number of aromatic carboxylic acids is 1. The monoisotopic (exact) mass is 351 g/mol. The predicted octanol–water partition coefficient (Wildman–Crippen LogP) is 3.76. The van der Waals surface area contributed by atoms with Gasteiger partial charge in [-0.15, -0.1) is 0 Å². The van der Waals surface area contributed by atoms with Crippen molar-refractivity contribution in [1.29, 1.82) is 0 Å². The maximum absolute atomic E-state index is 12.0. The molecule has 2 N–H and O–H groups in total. The standard InChI is InChI=1S/C16H14ClNO4S/c1-11-2-4-12(5-3-11)8-9-23(21,22)18-13-6-7-15(17)14(10-13)16(19)20/h2-10,18H,1H3,(H,19,20)/b9-8-. The minimum absolute atomic E-state index is 0.0376.